The van der Waals surface area contributed by atoms with E-state index in [1.807, 2.05) is 36.4 Å². The molecule has 2 aromatic carbocycles. The lowest BCUT2D eigenvalue weighted by Crippen LogP contribution is -2.08. The quantitative estimate of drug-likeness (QED) is 0.504. The van der Waals surface area contributed by atoms with Gasteiger partial charge in [0.25, 0.3) is 0 Å². The molecule has 0 saturated heterocycles. The highest BCUT2D eigenvalue weighted by atomic mass is 35.5. The number of halogens is 1. The van der Waals surface area contributed by atoms with Crippen LogP contribution in [-0.2, 0) is 10.5 Å². The Morgan fingerprint density at radius 2 is 1.95 bits per heavy atom. The number of carbonyl (C=O) groups excluding carboxylic acids is 1. The normalized spacial score (nSPS) is 10.4. The van der Waals surface area contributed by atoms with Crippen molar-refractivity contribution in [2.24, 2.45) is 0 Å². The van der Waals surface area contributed by atoms with Gasteiger partial charge in [-0.1, -0.05) is 29.8 Å². The summed E-state index contributed by atoms with van der Waals surface area (Å²) in [5.74, 6) is 0.372. The molecule has 0 fully saturated rings. The largest absolute Gasteiger partial charge is 0.462 e. The van der Waals surface area contributed by atoms with Crippen LogP contribution in [-0.4, -0.2) is 12.6 Å². The lowest BCUT2D eigenvalue weighted by molar-refractivity contribution is 0.0527. The van der Waals surface area contributed by atoms with Gasteiger partial charge in [0, 0.05) is 15.7 Å². The summed E-state index contributed by atoms with van der Waals surface area (Å²) in [6.45, 7) is 2.10. The fraction of sp³-hybridized carbons (Fsp3) is 0.188. The van der Waals surface area contributed by atoms with Gasteiger partial charge in [0.15, 0.2) is 0 Å². The first-order valence-corrected chi connectivity index (χ1v) is 7.91. The molecule has 21 heavy (non-hydrogen) atoms. The fourth-order valence-corrected chi connectivity index (χ4v) is 2.88. The second kappa shape index (κ2) is 7.38. The van der Waals surface area contributed by atoms with Crippen molar-refractivity contribution < 1.29 is 9.53 Å². The summed E-state index contributed by atoms with van der Waals surface area (Å²) in [6, 6.07) is 13.1. The fourth-order valence-electron chi connectivity index (χ4n) is 1.80. The molecule has 110 valence electrons. The molecule has 0 amide bonds. The third kappa shape index (κ3) is 4.16. The van der Waals surface area contributed by atoms with Gasteiger partial charge in [-0.25, -0.2) is 4.79 Å². The number of para-hydroxylation sites is 1. The zero-order valence-corrected chi connectivity index (χ0v) is 13.2. The van der Waals surface area contributed by atoms with Crippen molar-refractivity contribution in [3.63, 3.8) is 0 Å². The number of nitrogen functional groups attached to an aromatic ring is 1. The number of esters is 1. The zero-order chi connectivity index (χ0) is 15.2. The molecule has 5 heteroatoms. The number of rotatable bonds is 5. The van der Waals surface area contributed by atoms with Crippen LogP contribution in [0.25, 0.3) is 0 Å². The maximum absolute atomic E-state index is 11.8. The summed E-state index contributed by atoms with van der Waals surface area (Å²) < 4.78 is 5.00. The number of anilines is 1. The van der Waals surface area contributed by atoms with Gasteiger partial charge in [-0.3, -0.25) is 0 Å². The Kier molecular flexibility index (Phi) is 5.53. The van der Waals surface area contributed by atoms with Crippen LogP contribution in [0, 0.1) is 0 Å². The number of benzene rings is 2. The predicted octanol–water partition coefficient (Wildman–Crippen LogP) is 4.39. The summed E-state index contributed by atoms with van der Waals surface area (Å²) in [6.07, 6.45) is 0. The number of hydrogen-bond acceptors (Lipinski definition) is 4. The Bertz CT molecular complexity index is 629. The monoisotopic (exact) mass is 321 g/mol. The highest BCUT2D eigenvalue weighted by Crippen LogP contribution is 2.31. The summed E-state index contributed by atoms with van der Waals surface area (Å²) in [7, 11) is 0. The highest BCUT2D eigenvalue weighted by Gasteiger charge is 2.13. The molecule has 0 spiro atoms. The molecule has 0 aromatic heterocycles. The van der Waals surface area contributed by atoms with Crippen LogP contribution >= 0.6 is 23.4 Å². The van der Waals surface area contributed by atoms with Crippen molar-refractivity contribution in [3.05, 3.63) is 58.6 Å². The molecule has 3 nitrogen and oxygen atoms in total. The number of ether oxygens (including phenoxy) is 1. The van der Waals surface area contributed by atoms with Crippen molar-refractivity contribution in [1.29, 1.82) is 0 Å². The minimum absolute atomic E-state index is 0.334. The van der Waals surface area contributed by atoms with Gasteiger partial charge in [0.1, 0.15) is 0 Å². The topological polar surface area (TPSA) is 52.3 Å². The minimum Gasteiger partial charge on any atom is -0.462 e. The minimum atomic E-state index is -0.385. The summed E-state index contributed by atoms with van der Waals surface area (Å²) in [5.41, 5.74) is 8.09. The van der Waals surface area contributed by atoms with Crippen molar-refractivity contribution in [3.8, 4) is 0 Å². The molecule has 2 N–H and O–H groups in total. The maximum atomic E-state index is 11.8. The van der Waals surface area contributed by atoms with Crippen LogP contribution < -0.4 is 5.73 Å². The maximum Gasteiger partial charge on any atom is 0.340 e. The van der Waals surface area contributed by atoms with E-state index in [1.54, 1.807) is 24.8 Å². The average Bonchev–Trinajstić information content (AvgIpc) is 2.48. The lowest BCUT2D eigenvalue weighted by Gasteiger charge is -2.10. The van der Waals surface area contributed by atoms with Gasteiger partial charge in [-0.2, -0.15) is 0 Å². The van der Waals surface area contributed by atoms with Crippen LogP contribution in [0.1, 0.15) is 22.8 Å². The van der Waals surface area contributed by atoms with E-state index in [4.69, 9.17) is 22.1 Å². The molecule has 2 aromatic rings. The van der Waals surface area contributed by atoms with E-state index in [-0.39, 0.29) is 5.97 Å². The Labute approximate surface area is 133 Å². The third-order valence-electron chi connectivity index (χ3n) is 2.87. The second-order valence-electron chi connectivity index (χ2n) is 4.35. The van der Waals surface area contributed by atoms with Crippen LogP contribution in [0.4, 0.5) is 5.69 Å². The first kappa shape index (κ1) is 15.7. The molecule has 0 aliphatic heterocycles. The van der Waals surface area contributed by atoms with Gasteiger partial charge in [0.05, 0.1) is 17.9 Å². The number of hydrogen-bond donors (Lipinski definition) is 1. The van der Waals surface area contributed by atoms with E-state index in [0.29, 0.717) is 22.9 Å². The number of thioether (sulfide) groups is 1. The SMILES string of the molecule is CCOC(=O)c1cccc(SCc2ccc(Cl)cc2)c1N. The van der Waals surface area contributed by atoms with E-state index < -0.39 is 0 Å². The van der Waals surface area contributed by atoms with E-state index in [0.717, 1.165) is 16.2 Å². The Morgan fingerprint density at radius 3 is 2.62 bits per heavy atom. The molecular formula is C16H16ClNO2S. The summed E-state index contributed by atoms with van der Waals surface area (Å²) >= 11 is 7.44. The Morgan fingerprint density at radius 1 is 1.24 bits per heavy atom. The number of nitrogens with two attached hydrogens (primary N) is 1. The van der Waals surface area contributed by atoms with Crippen LogP contribution in [0.15, 0.2) is 47.4 Å². The average molecular weight is 322 g/mol. The highest BCUT2D eigenvalue weighted by molar-refractivity contribution is 7.98. The zero-order valence-electron chi connectivity index (χ0n) is 11.6. The molecule has 0 unspecified atom stereocenters. The van der Waals surface area contributed by atoms with Gasteiger partial charge >= 0.3 is 5.97 Å². The Balaban J connectivity index is 2.11. The summed E-state index contributed by atoms with van der Waals surface area (Å²) in [5, 5.41) is 0.715. The van der Waals surface area contributed by atoms with Gasteiger partial charge in [-0.15, -0.1) is 11.8 Å². The van der Waals surface area contributed by atoms with Crippen molar-refractivity contribution >= 4 is 35.0 Å². The van der Waals surface area contributed by atoms with Crippen molar-refractivity contribution in [2.45, 2.75) is 17.6 Å². The van der Waals surface area contributed by atoms with Crippen LogP contribution in [0.2, 0.25) is 5.02 Å². The molecule has 0 heterocycles. The predicted molar refractivity (Wildman–Crippen MR) is 87.8 cm³/mol. The summed E-state index contributed by atoms with van der Waals surface area (Å²) in [4.78, 5) is 12.7. The first-order chi connectivity index (χ1) is 10.1. The van der Waals surface area contributed by atoms with Gasteiger partial charge in [-0.05, 0) is 36.8 Å². The molecule has 0 bridgehead atoms. The molecule has 0 radical (unpaired) electrons. The van der Waals surface area contributed by atoms with Crippen molar-refractivity contribution in [1.82, 2.24) is 0 Å². The molecule has 0 saturated carbocycles. The third-order valence-corrected chi connectivity index (χ3v) is 4.27. The Hall–Kier alpha value is -1.65. The van der Waals surface area contributed by atoms with Crippen LogP contribution in [0.5, 0.6) is 0 Å². The van der Waals surface area contributed by atoms with E-state index in [2.05, 4.69) is 0 Å². The van der Waals surface area contributed by atoms with E-state index in [9.17, 15) is 4.79 Å². The molecule has 0 aliphatic rings. The smallest absolute Gasteiger partial charge is 0.340 e. The second-order valence-corrected chi connectivity index (χ2v) is 5.81. The van der Waals surface area contributed by atoms with Crippen LogP contribution in [0.3, 0.4) is 0 Å². The van der Waals surface area contributed by atoms with Gasteiger partial charge in [0.2, 0.25) is 0 Å². The standard InChI is InChI=1S/C16H16ClNO2S/c1-2-20-16(19)13-4-3-5-14(15(13)18)21-10-11-6-8-12(17)9-7-11/h3-9H,2,10,18H2,1H3. The van der Waals surface area contributed by atoms with E-state index >= 15 is 0 Å². The molecule has 0 aliphatic carbocycles. The molecular weight excluding hydrogens is 306 g/mol. The first-order valence-electron chi connectivity index (χ1n) is 6.54. The lowest BCUT2D eigenvalue weighted by atomic mass is 10.2. The van der Waals surface area contributed by atoms with Crippen molar-refractivity contribution in [2.75, 3.05) is 12.3 Å². The molecule has 2 rings (SSSR count). The van der Waals surface area contributed by atoms with E-state index in [1.165, 1.54) is 0 Å². The van der Waals surface area contributed by atoms with Gasteiger partial charge < -0.3 is 10.5 Å². The molecule has 0 atom stereocenters. The number of carbonyl (C=O) groups is 1.